The molecule has 136 valence electrons. The van der Waals surface area contributed by atoms with E-state index in [2.05, 4.69) is 37.9 Å². The van der Waals surface area contributed by atoms with Gasteiger partial charge in [-0.05, 0) is 92.6 Å². The van der Waals surface area contributed by atoms with Gasteiger partial charge in [0.2, 0.25) is 0 Å². The SMILES string of the molecule is Cc1cc(C=NCCC(C)C)c(O)c(C23CC4CC(CC(C4)C2)C3)c1. The van der Waals surface area contributed by atoms with Gasteiger partial charge in [0.15, 0.2) is 0 Å². The van der Waals surface area contributed by atoms with Crippen molar-refractivity contribution in [2.24, 2.45) is 28.7 Å². The minimum atomic E-state index is 0.241. The summed E-state index contributed by atoms with van der Waals surface area (Å²) in [6.45, 7) is 7.46. The second-order valence-electron chi connectivity index (χ2n) is 9.67. The van der Waals surface area contributed by atoms with Gasteiger partial charge in [-0.2, -0.15) is 0 Å². The highest BCUT2D eigenvalue weighted by Gasteiger charge is 2.52. The van der Waals surface area contributed by atoms with E-state index in [1.54, 1.807) is 0 Å². The highest BCUT2D eigenvalue weighted by molar-refractivity contribution is 5.84. The van der Waals surface area contributed by atoms with Crippen molar-refractivity contribution in [3.05, 3.63) is 28.8 Å². The molecule has 1 aromatic rings. The fraction of sp³-hybridized carbons (Fsp3) is 0.696. The van der Waals surface area contributed by atoms with Crippen LogP contribution in [0.3, 0.4) is 0 Å². The van der Waals surface area contributed by atoms with E-state index < -0.39 is 0 Å². The first-order chi connectivity index (χ1) is 11.9. The van der Waals surface area contributed by atoms with Crippen molar-refractivity contribution in [1.82, 2.24) is 0 Å². The van der Waals surface area contributed by atoms with E-state index in [1.807, 2.05) is 6.21 Å². The van der Waals surface area contributed by atoms with Crippen LogP contribution >= 0.6 is 0 Å². The summed E-state index contributed by atoms with van der Waals surface area (Å²) < 4.78 is 0. The van der Waals surface area contributed by atoms with Crippen LogP contribution in [0.1, 0.15) is 75.5 Å². The third-order valence-electron chi connectivity index (χ3n) is 6.96. The van der Waals surface area contributed by atoms with Gasteiger partial charge >= 0.3 is 0 Å². The molecule has 4 aliphatic carbocycles. The Hall–Kier alpha value is -1.31. The van der Waals surface area contributed by atoms with Crippen LogP contribution in [-0.2, 0) is 5.41 Å². The summed E-state index contributed by atoms with van der Waals surface area (Å²) in [5.41, 5.74) is 3.66. The Morgan fingerprint density at radius 2 is 1.72 bits per heavy atom. The monoisotopic (exact) mass is 339 g/mol. The zero-order chi connectivity index (χ0) is 17.6. The van der Waals surface area contributed by atoms with Crippen LogP contribution in [0.4, 0.5) is 0 Å². The first-order valence-corrected chi connectivity index (χ1v) is 10.3. The normalized spacial score (nSPS) is 33.7. The molecule has 1 N–H and O–H groups in total. The second-order valence-corrected chi connectivity index (χ2v) is 9.67. The van der Waals surface area contributed by atoms with Crippen molar-refractivity contribution in [1.29, 1.82) is 0 Å². The van der Waals surface area contributed by atoms with Gasteiger partial charge in [0.1, 0.15) is 5.75 Å². The summed E-state index contributed by atoms with van der Waals surface area (Å²) in [4.78, 5) is 4.59. The minimum absolute atomic E-state index is 0.241. The number of hydrogen-bond donors (Lipinski definition) is 1. The van der Waals surface area contributed by atoms with Crippen molar-refractivity contribution in [3.8, 4) is 5.75 Å². The molecule has 0 aliphatic heterocycles. The molecule has 0 saturated heterocycles. The topological polar surface area (TPSA) is 32.6 Å². The average Bonchev–Trinajstić information content (AvgIpc) is 2.52. The number of rotatable bonds is 5. The summed E-state index contributed by atoms with van der Waals surface area (Å²) in [5.74, 6) is 3.88. The van der Waals surface area contributed by atoms with Crippen molar-refractivity contribution < 1.29 is 5.11 Å². The Kier molecular flexibility index (Phi) is 4.42. The second kappa shape index (κ2) is 6.45. The summed E-state index contributed by atoms with van der Waals surface area (Å²) in [6, 6.07) is 4.37. The largest absolute Gasteiger partial charge is 0.507 e. The molecule has 5 rings (SSSR count). The molecule has 4 bridgehead atoms. The molecule has 25 heavy (non-hydrogen) atoms. The highest BCUT2D eigenvalue weighted by Crippen LogP contribution is 2.62. The van der Waals surface area contributed by atoms with Crippen LogP contribution in [0.15, 0.2) is 17.1 Å². The number of hydrogen-bond acceptors (Lipinski definition) is 2. The number of aliphatic imine (C=N–C) groups is 1. The summed E-state index contributed by atoms with van der Waals surface area (Å²) in [6.07, 6.45) is 11.2. The number of aryl methyl sites for hydroxylation is 1. The number of aromatic hydroxyl groups is 1. The predicted octanol–water partition coefficient (Wildman–Crippen LogP) is 5.63. The Bertz CT molecular complexity index is 638. The molecule has 2 nitrogen and oxygen atoms in total. The van der Waals surface area contributed by atoms with Crippen molar-refractivity contribution >= 4 is 6.21 Å². The van der Waals surface area contributed by atoms with E-state index >= 15 is 0 Å². The molecule has 4 aliphatic rings. The quantitative estimate of drug-likeness (QED) is 0.692. The third kappa shape index (κ3) is 3.25. The first kappa shape index (κ1) is 17.1. The Labute approximate surface area is 152 Å². The number of phenolic OH excluding ortho intramolecular Hbond substituents is 1. The molecule has 4 fully saturated rings. The van der Waals surface area contributed by atoms with Gasteiger partial charge in [-0.25, -0.2) is 0 Å². The maximum Gasteiger partial charge on any atom is 0.128 e. The molecule has 2 heteroatoms. The average molecular weight is 340 g/mol. The maximum atomic E-state index is 11.1. The van der Waals surface area contributed by atoms with Gasteiger partial charge in [-0.3, -0.25) is 4.99 Å². The molecule has 0 radical (unpaired) electrons. The zero-order valence-corrected chi connectivity index (χ0v) is 16.1. The molecule has 0 atom stereocenters. The van der Waals surface area contributed by atoms with E-state index in [-0.39, 0.29) is 5.41 Å². The molecule has 0 unspecified atom stereocenters. The molecular formula is C23H33NO. The van der Waals surface area contributed by atoms with Crippen LogP contribution in [0.2, 0.25) is 0 Å². The lowest BCUT2D eigenvalue weighted by molar-refractivity contribution is -0.00616. The van der Waals surface area contributed by atoms with Gasteiger partial charge in [0, 0.05) is 23.9 Å². The van der Waals surface area contributed by atoms with Crippen molar-refractivity contribution in [3.63, 3.8) is 0 Å². The summed E-state index contributed by atoms with van der Waals surface area (Å²) in [7, 11) is 0. The third-order valence-corrected chi connectivity index (χ3v) is 6.96. The lowest BCUT2D eigenvalue weighted by Gasteiger charge is -2.57. The summed E-state index contributed by atoms with van der Waals surface area (Å²) in [5, 5.41) is 11.1. The van der Waals surface area contributed by atoms with Gasteiger partial charge in [-0.1, -0.05) is 19.9 Å². The fourth-order valence-electron chi connectivity index (χ4n) is 6.25. The van der Waals surface area contributed by atoms with E-state index in [0.29, 0.717) is 11.7 Å². The van der Waals surface area contributed by atoms with Crippen molar-refractivity contribution in [2.75, 3.05) is 6.54 Å². The number of nitrogens with zero attached hydrogens (tertiary/aromatic N) is 1. The standard InChI is InChI=1S/C23H33NO/c1-15(2)4-5-24-14-20-6-16(3)7-21(22(20)25)23-11-17-8-18(12-23)10-19(9-17)13-23/h6-7,14-15,17-19,25H,4-5,8-13H2,1-3H3. The lowest BCUT2D eigenvalue weighted by Crippen LogP contribution is -2.48. The Morgan fingerprint density at radius 1 is 1.12 bits per heavy atom. The Morgan fingerprint density at radius 3 is 2.28 bits per heavy atom. The number of benzene rings is 1. The van der Waals surface area contributed by atoms with Crippen LogP contribution in [0.5, 0.6) is 5.75 Å². The van der Waals surface area contributed by atoms with E-state index in [1.165, 1.54) is 49.7 Å². The van der Waals surface area contributed by atoms with Gasteiger partial charge < -0.3 is 5.11 Å². The summed E-state index contributed by atoms with van der Waals surface area (Å²) >= 11 is 0. The highest BCUT2D eigenvalue weighted by atomic mass is 16.3. The zero-order valence-electron chi connectivity index (χ0n) is 16.1. The molecule has 0 aromatic heterocycles. The minimum Gasteiger partial charge on any atom is -0.507 e. The molecular weight excluding hydrogens is 306 g/mol. The molecule has 0 heterocycles. The van der Waals surface area contributed by atoms with Gasteiger partial charge in [0.25, 0.3) is 0 Å². The van der Waals surface area contributed by atoms with Crippen LogP contribution < -0.4 is 0 Å². The van der Waals surface area contributed by atoms with Crippen LogP contribution in [-0.4, -0.2) is 17.9 Å². The van der Waals surface area contributed by atoms with Crippen LogP contribution in [0.25, 0.3) is 0 Å². The van der Waals surface area contributed by atoms with E-state index in [9.17, 15) is 5.11 Å². The smallest absolute Gasteiger partial charge is 0.128 e. The predicted molar refractivity (Wildman–Crippen MR) is 105 cm³/mol. The van der Waals surface area contributed by atoms with E-state index in [0.717, 1.165) is 36.3 Å². The maximum absolute atomic E-state index is 11.1. The fourth-order valence-corrected chi connectivity index (χ4v) is 6.25. The van der Waals surface area contributed by atoms with Crippen molar-refractivity contribution in [2.45, 2.75) is 71.1 Å². The first-order valence-electron chi connectivity index (χ1n) is 10.3. The molecule has 0 amide bonds. The van der Waals surface area contributed by atoms with Gasteiger partial charge in [0.05, 0.1) is 0 Å². The molecule has 1 aromatic carbocycles. The molecule has 0 spiro atoms. The van der Waals surface area contributed by atoms with E-state index in [4.69, 9.17) is 0 Å². The van der Waals surface area contributed by atoms with Crippen LogP contribution in [0, 0.1) is 30.6 Å². The lowest BCUT2D eigenvalue weighted by atomic mass is 9.48. The number of phenols is 1. The van der Waals surface area contributed by atoms with Gasteiger partial charge in [-0.15, -0.1) is 0 Å². The Balaban J connectivity index is 1.64. The molecule has 4 saturated carbocycles.